The molecular weight excluding hydrogens is 336 g/mol. The molecule has 1 saturated heterocycles. The molecular formula is C18H20N4O2S. The molecule has 0 unspecified atom stereocenters. The second-order valence-corrected chi connectivity index (χ2v) is 8.09. The lowest BCUT2D eigenvalue weighted by Crippen LogP contribution is -2.48. The highest BCUT2D eigenvalue weighted by Gasteiger charge is 2.29. The van der Waals surface area contributed by atoms with Gasteiger partial charge in [0.15, 0.2) is 0 Å². The number of anilines is 1. The van der Waals surface area contributed by atoms with Crippen LogP contribution in [0.2, 0.25) is 0 Å². The van der Waals surface area contributed by atoms with Gasteiger partial charge >= 0.3 is 0 Å². The maximum atomic E-state index is 12.8. The van der Waals surface area contributed by atoms with Gasteiger partial charge in [0, 0.05) is 32.4 Å². The van der Waals surface area contributed by atoms with E-state index in [1.54, 1.807) is 30.5 Å². The quantitative estimate of drug-likeness (QED) is 0.841. The summed E-state index contributed by atoms with van der Waals surface area (Å²) in [6.07, 6.45) is 1.60. The lowest BCUT2D eigenvalue weighted by atomic mass is 10.1. The Morgan fingerprint density at radius 2 is 1.76 bits per heavy atom. The highest BCUT2D eigenvalue weighted by molar-refractivity contribution is 7.89. The number of nitriles is 1. The highest BCUT2D eigenvalue weighted by Crippen LogP contribution is 2.22. The van der Waals surface area contributed by atoms with Gasteiger partial charge in [-0.15, -0.1) is 0 Å². The lowest BCUT2D eigenvalue weighted by molar-refractivity contribution is 0.384. The number of benzene rings is 1. The zero-order chi connectivity index (χ0) is 18.0. The smallest absolute Gasteiger partial charge is 0.243 e. The third kappa shape index (κ3) is 3.50. The molecule has 0 N–H and O–H groups in total. The molecule has 1 aromatic heterocycles. The topological polar surface area (TPSA) is 77.3 Å². The van der Waals surface area contributed by atoms with E-state index in [9.17, 15) is 8.42 Å². The van der Waals surface area contributed by atoms with Crippen LogP contribution in [0, 0.1) is 25.2 Å². The van der Waals surface area contributed by atoms with Crippen molar-refractivity contribution in [3.05, 3.63) is 53.2 Å². The first-order chi connectivity index (χ1) is 11.9. The van der Waals surface area contributed by atoms with Crippen LogP contribution in [0.5, 0.6) is 0 Å². The molecule has 0 aliphatic carbocycles. The first-order valence-corrected chi connectivity index (χ1v) is 9.54. The molecule has 25 heavy (non-hydrogen) atoms. The van der Waals surface area contributed by atoms with E-state index in [1.165, 1.54) is 4.31 Å². The molecule has 1 aliphatic heterocycles. The van der Waals surface area contributed by atoms with Gasteiger partial charge in [-0.2, -0.15) is 9.57 Å². The van der Waals surface area contributed by atoms with E-state index in [1.807, 2.05) is 24.8 Å². The second-order valence-electron chi connectivity index (χ2n) is 6.15. The molecule has 0 atom stereocenters. The van der Waals surface area contributed by atoms with Crippen molar-refractivity contribution >= 4 is 15.8 Å². The predicted octanol–water partition coefficient (Wildman–Crippen LogP) is 2.08. The van der Waals surface area contributed by atoms with Crippen LogP contribution in [-0.4, -0.2) is 43.9 Å². The third-order valence-electron chi connectivity index (χ3n) is 4.55. The van der Waals surface area contributed by atoms with Crippen molar-refractivity contribution in [1.82, 2.24) is 9.29 Å². The fourth-order valence-corrected chi connectivity index (χ4v) is 4.35. The van der Waals surface area contributed by atoms with Crippen molar-refractivity contribution in [1.29, 1.82) is 5.26 Å². The molecule has 0 bridgehead atoms. The van der Waals surface area contributed by atoms with E-state index in [4.69, 9.17) is 5.26 Å². The van der Waals surface area contributed by atoms with Crippen LogP contribution >= 0.6 is 0 Å². The molecule has 0 spiro atoms. The summed E-state index contributed by atoms with van der Waals surface area (Å²) in [6.45, 7) is 5.77. The van der Waals surface area contributed by atoms with Crippen molar-refractivity contribution in [2.24, 2.45) is 0 Å². The minimum atomic E-state index is -3.49. The number of hydrogen-bond acceptors (Lipinski definition) is 5. The van der Waals surface area contributed by atoms with E-state index >= 15 is 0 Å². The van der Waals surface area contributed by atoms with Gasteiger partial charge in [0.1, 0.15) is 5.82 Å². The summed E-state index contributed by atoms with van der Waals surface area (Å²) < 4.78 is 27.2. The number of sulfonamides is 1. The molecule has 1 aromatic carbocycles. The summed E-state index contributed by atoms with van der Waals surface area (Å²) in [4.78, 5) is 6.63. The fourth-order valence-electron chi connectivity index (χ4n) is 2.84. The summed E-state index contributed by atoms with van der Waals surface area (Å²) >= 11 is 0. The van der Waals surface area contributed by atoms with E-state index in [0.29, 0.717) is 42.5 Å². The van der Waals surface area contributed by atoms with Crippen LogP contribution in [0.3, 0.4) is 0 Å². The van der Waals surface area contributed by atoms with Gasteiger partial charge in [-0.3, -0.25) is 0 Å². The van der Waals surface area contributed by atoms with Crippen molar-refractivity contribution in [2.45, 2.75) is 18.7 Å². The van der Waals surface area contributed by atoms with Crippen LogP contribution in [-0.2, 0) is 10.0 Å². The first kappa shape index (κ1) is 17.4. The number of nitrogens with zero attached hydrogens (tertiary/aromatic N) is 4. The number of hydrogen-bond donors (Lipinski definition) is 0. The maximum Gasteiger partial charge on any atom is 0.243 e. The summed E-state index contributed by atoms with van der Waals surface area (Å²) in [6, 6.07) is 10.7. The largest absolute Gasteiger partial charge is 0.354 e. The number of aryl methyl sites for hydroxylation is 2. The Morgan fingerprint density at radius 1 is 1.04 bits per heavy atom. The average molecular weight is 356 g/mol. The molecule has 2 aromatic rings. The first-order valence-electron chi connectivity index (χ1n) is 8.10. The van der Waals surface area contributed by atoms with E-state index < -0.39 is 10.0 Å². The van der Waals surface area contributed by atoms with E-state index in [0.717, 1.165) is 11.1 Å². The Labute approximate surface area is 148 Å². The number of rotatable bonds is 3. The maximum absolute atomic E-state index is 12.8. The second kappa shape index (κ2) is 6.82. The Balaban J connectivity index is 1.75. The minimum Gasteiger partial charge on any atom is -0.354 e. The van der Waals surface area contributed by atoms with Crippen LogP contribution < -0.4 is 4.90 Å². The monoisotopic (exact) mass is 356 g/mol. The predicted molar refractivity (Wildman–Crippen MR) is 95.8 cm³/mol. The molecule has 1 aliphatic rings. The van der Waals surface area contributed by atoms with Crippen LogP contribution in [0.1, 0.15) is 16.7 Å². The molecule has 2 heterocycles. The van der Waals surface area contributed by atoms with Gasteiger partial charge in [0.05, 0.1) is 16.5 Å². The molecule has 7 heteroatoms. The van der Waals surface area contributed by atoms with Crippen LogP contribution in [0.4, 0.5) is 5.82 Å². The van der Waals surface area contributed by atoms with Gasteiger partial charge in [0.25, 0.3) is 0 Å². The summed E-state index contributed by atoms with van der Waals surface area (Å²) in [5.74, 6) is 0.710. The highest BCUT2D eigenvalue weighted by atomic mass is 32.2. The van der Waals surface area contributed by atoms with Crippen molar-refractivity contribution in [3.8, 4) is 6.07 Å². The Hall–Kier alpha value is -2.43. The van der Waals surface area contributed by atoms with E-state index in [2.05, 4.69) is 11.1 Å². The molecule has 1 fully saturated rings. The summed E-state index contributed by atoms with van der Waals surface area (Å²) in [5.41, 5.74) is 2.60. The molecule has 0 saturated carbocycles. The number of aromatic nitrogens is 1. The van der Waals surface area contributed by atoms with Crippen LogP contribution in [0.15, 0.2) is 41.4 Å². The van der Waals surface area contributed by atoms with Gasteiger partial charge in [-0.1, -0.05) is 6.07 Å². The van der Waals surface area contributed by atoms with E-state index in [-0.39, 0.29) is 0 Å². The molecule has 0 amide bonds. The van der Waals surface area contributed by atoms with Gasteiger partial charge in [-0.05, 0) is 49.2 Å². The zero-order valence-electron chi connectivity index (χ0n) is 14.3. The number of pyridine rings is 1. The summed E-state index contributed by atoms with van der Waals surface area (Å²) in [7, 11) is -3.49. The molecule has 0 radical (unpaired) electrons. The zero-order valence-corrected chi connectivity index (χ0v) is 15.1. The minimum absolute atomic E-state index is 0.341. The van der Waals surface area contributed by atoms with Gasteiger partial charge in [-0.25, -0.2) is 13.4 Å². The van der Waals surface area contributed by atoms with Crippen LogP contribution in [0.25, 0.3) is 0 Å². The summed E-state index contributed by atoms with van der Waals surface area (Å²) in [5, 5.41) is 8.99. The van der Waals surface area contributed by atoms with Gasteiger partial charge in [0.2, 0.25) is 10.0 Å². The molecule has 3 rings (SSSR count). The fraction of sp³-hybridized carbons (Fsp3) is 0.333. The Kier molecular flexibility index (Phi) is 4.75. The standard InChI is InChI=1S/C18H20N4O2S/c1-14-3-4-17(11-15(14)2)25(23,24)22-9-7-21(8-10-22)18-12-16(13-19)5-6-20-18/h3-6,11-12H,7-10H2,1-2H3. The van der Waals surface area contributed by atoms with Crippen molar-refractivity contribution in [2.75, 3.05) is 31.1 Å². The molecule has 130 valence electrons. The lowest BCUT2D eigenvalue weighted by Gasteiger charge is -2.34. The third-order valence-corrected chi connectivity index (χ3v) is 6.45. The number of piperazine rings is 1. The molecule has 6 nitrogen and oxygen atoms in total. The normalized spacial score (nSPS) is 15.8. The Morgan fingerprint density at radius 3 is 2.40 bits per heavy atom. The SMILES string of the molecule is Cc1ccc(S(=O)(=O)N2CCN(c3cc(C#N)ccn3)CC2)cc1C. The average Bonchev–Trinajstić information content (AvgIpc) is 2.64. The van der Waals surface area contributed by atoms with Gasteiger partial charge < -0.3 is 4.90 Å². The van der Waals surface area contributed by atoms with Crippen molar-refractivity contribution < 1.29 is 8.42 Å². The Bertz CT molecular complexity index is 926. The van der Waals surface area contributed by atoms with Crippen molar-refractivity contribution in [3.63, 3.8) is 0 Å².